The minimum absolute atomic E-state index is 0.303. The van der Waals surface area contributed by atoms with E-state index in [0.717, 1.165) is 12.8 Å². The van der Waals surface area contributed by atoms with Gasteiger partial charge in [-0.3, -0.25) is 0 Å². The Bertz CT molecular complexity index is 605. The van der Waals surface area contributed by atoms with Crippen LogP contribution in [0.4, 0.5) is 5.69 Å². The Balaban J connectivity index is 2.42. The minimum Gasteiger partial charge on any atom is -0.399 e. The molecule has 5 nitrogen and oxygen atoms in total. The number of hydrogen-bond donors (Lipinski definition) is 2. The summed E-state index contributed by atoms with van der Waals surface area (Å²) in [7, 11) is -2.07. The van der Waals surface area contributed by atoms with E-state index < -0.39 is 16.1 Å². The first-order valence-corrected chi connectivity index (χ1v) is 8.72. The van der Waals surface area contributed by atoms with Crippen molar-refractivity contribution in [3.8, 4) is 0 Å². The molecule has 118 valence electrons. The second-order valence-electron chi connectivity index (χ2n) is 5.92. The zero-order chi connectivity index (χ0) is 15.8. The summed E-state index contributed by atoms with van der Waals surface area (Å²) in [4.78, 5) is 0.303. The molecule has 21 heavy (non-hydrogen) atoms. The number of nitrogens with zero attached hydrogens (tertiary/aromatic N) is 1. The first kappa shape index (κ1) is 16.3. The van der Waals surface area contributed by atoms with Gasteiger partial charge in [-0.25, -0.2) is 8.42 Å². The number of aliphatic hydroxyl groups is 1. The van der Waals surface area contributed by atoms with E-state index in [9.17, 15) is 13.5 Å². The Hall–Kier alpha value is -1.11. The van der Waals surface area contributed by atoms with Crippen LogP contribution in [0.5, 0.6) is 0 Å². The molecule has 2 unspecified atom stereocenters. The highest BCUT2D eigenvalue weighted by molar-refractivity contribution is 7.89. The van der Waals surface area contributed by atoms with Gasteiger partial charge in [0, 0.05) is 12.7 Å². The van der Waals surface area contributed by atoms with Gasteiger partial charge in [-0.05, 0) is 49.9 Å². The van der Waals surface area contributed by atoms with Crippen LogP contribution in [0, 0.1) is 13.8 Å². The lowest BCUT2D eigenvalue weighted by Gasteiger charge is -2.35. The van der Waals surface area contributed by atoms with E-state index in [1.54, 1.807) is 33.0 Å². The normalized spacial score (nSPS) is 23.5. The van der Waals surface area contributed by atoms with Crippen LogP contribution in [0.25, 0.3) is 0 Å². The summed E-state index contributed by atoms with van der Waals surface area (Å²) < 4.78 is 27.1. The zero-order valence-corrected chi connectivity index (χ0v) is 13.7. The molecule has 0 aliphatic heterocycles. The van der Waals surface area contributed by atoms with E-state index in [4.69, 9.17) is 5.73 Å². The number of rotatable bonds is 3. The summed E-state index contributed by atoms with van der Waals surface area (Å²) in [6.45, 7) is 3.50. The average molecular weight is 312 g/mol. The highest BCUT2D eigenvalue weighted by Gasteiger charge is 2.35. The predicted octanol–water partition coefficient (Wildman–Crippen LogP) is 1.81. The quantitative estimate of drug-likeness (QED) is 0.834. The van der Waals surface area contributed by atoms with Crippen molar-refractivity contribution >= 4 is 15.7 Å². The van der Waals surface area contributed by atoms with Gasteiger partial charge in [-0.15, -0.1) is 0 Å². The standard InChI is InChI=1S/C15H24N2O3S/c1-10-8-12(16)9-11(2)15(10)21(19,20)17(3)13-6-4-5-7-14(13)18/h8-9,13-14,18H,4-7,16H2,1-3H3. The molecular weight excluding hydrogens is 288 g/mol. The Labute approximate surface area is 126 Å². The summed E-state index contributed by atoms with van der Waals surface area (Å²) in [6, 6.07) is 3.00. The van der Waals surface area contributed by atoms with Crippen molar-refractivity contribution in [1.82, 2.24) is 4.31 Å². The van der Waals surface area contributed by atoms with Crippen LogP contribution < -0.4 is 5.73 Å². The summed E-state index contributed by atoms with van der Waals surface area (Å²) >= 11 is 0. The molecule has 3 N–H and O–H groups in total. The number of aryl methyl sites for hydroxylation is 2. The van der Waals surface area contributed by atoms with Gasteiger partial charge in [-0.2, -0.15) is 4.31 Å². The van der Waals surface area contributed by atoms with Gasteiger partial charge in [-0.1, -0.05) is 12.8 Å². The first-order valence-electron chi connectivity index (χ1n) is 7.28. The second kappa shape index (κ2) is 5.94. The van der Waals surface area contributed by atoms with Crippen molar-refractivity contribution in [2.45, 2.75) is 56.6 Å². The van der Waals surface area contributed by atoms with Gasteiger partial charge in [0.2, 0.25) is 10.0 Å². The molecule has 1 aliphatic carbocycles. The summed E-state index contributed by atoms with van der Waals surface area (Å²) in [5.41, 5.74) is 7.61. The van der Waals surface area contributed by atoms with Gasteiger partial charge < -0.3 is 10.8 Å². The topological polar surface area (TPSA) is 83.6 Å². The molecule has 0 spiro atoms. The summed E-state index contributed by atoms with van der Waals surface area (Å²) in [5, 5.41) is 10.1. The number of likely N-dealkylation sites (N-methyl/N-ethyl adjacent to an activating group) is 1. The minimum atomic E-state index is -3.63. The van der Waals surface area contributed by atoms with E-state index >= 15 is 0 Å². The van der Waals surface area contributed by atoms with Crippen molar-refractivity contribution in [1.29, 1.82) is 0 Å². The lowest BCUT2D eigenvalue weighted by Crippen LogP contribution is -2.46. The van der Waals surface area contributed by atoms with Crippen LogP contribution in [0.1, 0.15) is 36.8 Å². The van der Waals surface area contributed by atoms with Crippen molar-refractivity contribution in [2.75, 3.05) is 12.8 Å². The van der Waals surface area contributed by atoms with Crippen molar-refractivity contribution in [3.63, 3.8) is 0 Å². The molecule has 0 saturated heterocycles. The molecule has 0 aromatic heterocycles. The van der Waals surface area contributed by atoms with E-state index in [0.29, 0.717) is 34.6 Å². The van der Waals surface area contributed by atoms with E-state index in [-0.39, 0.29) is 6.04 Å². The van der Waals surface area contributed by atoms with Gasteiger partial charge in [0.1, 0.15) is 0 Å². The molecule has 1 aromatic carbocycles. The largest absolute Gasteiger partial charge is 0.399 e. The maximum Gasteiger partial charge on any atom is 0.243 e. The van der Waals surface area contributed by atoms with Crippen LogP contribution >= 0.6 is 0 Å². The Morgan fingerprint density at radius 2 is 1.71 bits per heavy atom. The Kier molecular flexibility index (Phi) is 4.60. The van der Waals surface area contributed by atoms with Gasteiger partial charge >= 0.3 is 0 Å². The monoisotopic (exact) mass is 312 g/mol. The van der Waals surface area contributed by atoms with Gasteiger partial charge in [0.05, 0.1) is 17.0 Å². The van der Waals surface area contributed by atoms with E-state index in [1.165, 1.54) is 4.31 Å². The van der Waals surface area contributed by atoms with Crippen molar-refractivity contribution in [3.05, 3.63) is 23.3 Å². The molecule has 1 aromatic rings. The number of nitrogens with two attached hydrogens (primary N) is 1. The lowest BCUT2D eigenvalue weighted by atomic mass is 9.93. The Morgan fingerprint density at radius 1 is 1.19 bits per heavy atom. The number of benzene rings is 1. The maximum atomic E-state index is 12.9. The second-order valence-corrected chi connectivity index (χ2v) is 7.86. The SMILES string of the molecule is Cc1cc(N)cc(C)c1S(=O)(=O)N(C)C1CCCCC1O. The average Bonchev–Trinajstić information content (AvgIpc) is 2.36. The maximum absolute atomic E-state index is 12.9. The van der Waals surface area contributed by atoms with E-state index in [2.05, 4.69) is 0 Å². The molecule has 0 heterocycles. The van der Waals surface area contributed by atoms with Crippen LogP contribution in [0.3, 0.4) is 0 Å². The smallest absolute Gasteiger partial charge is 0.243 e. The van der Waals surface area contributed by atoms with Crippen LogP contribution in [-0.4, -0.2) is 37.0 Å². The van der Waals surface area contributed by atoms with Gasteiger partial charge in [0.15, 0.2) is 0 Å². The zero-order valence-electron chi connectivity index (χ0n) is 12.8. The molecule has 0 bridgehead atoms. The molecule has 1 saturated carbocycles. The molecule has 6 heteroatoms. The summed E-state index contributed by atoms with van der Waals surface area (Å²) in [5.74, 6) is 0. The third-order valence-electron chi connectivity index (χ3n) is 4.28. The molecule has 1 aliphatic rings. The van der Waals surface area contributed by atoms with E-state index in [1.807, 2.05) is 0 Å². The molecule has 2 rings (SSSR count). The molecule has 1 fully saturated rings. The van der Waals surface area contributed by atoms with Crippen LogP contribution in [-0.2, 0) is 10.0 Å². The highest BCUT2D eigenvalue weighted by Crippen LogP contribution is 2.30. The predicted molar refractivity (Wildman–Crippen MR) is 83.5 cm³/mol. The fourth-order valence-corrected chi connectivity index (χ4v) is 5.05. The lowest BCUT2D eigenvalue weighted by molar-refractivity contribution is 0.0637. The fourth-order valence-electron chi connectivity index (χ4n) is 3.23. The van der Waals surface area contributed by atoms with Crippen LogP contribution in [0.15, 0.2) is 17.0 Å². The van der Waals surface area contributed by atoms with Crippen molar-refractivity contribution in [2.24, 2.45) is 0 Å². The van der Waals surface area contributed by atoms with Crippen LogP contribution in [0.2, 0.25) is 0 Å². The molecule has 0 radical (unpaired) electrons. The number of aliphatic hydroxyl groups excluding tert-OH is 1. The molecule has 2 atom stereocenters. The first-order chi connectivity index (χ1) is 9.75. The Morgan fingerprint density at radius 3 is 2.24 bits per heavy atom. The highest BCUT2D eigenvalue weighted by atomic mass is 32.2. The summed E-state index contributed by atoms with van der Waals surface area (Å²) in [6.07, 6.45) is 2.66. The number of nitrogen functional groups attached to an aromatic ring is 1. The third-order valence-corrected chi connectivity index (χ3v) is 6.47. The number of anilines is 1. The molecular formula is C15H24N2O3S. The third kappa shape index (κ3) is 3.07. The fraction of sp³-hybridized carbons (Fsp3) is 0.600. The number of sulfonamides is 1. The number of hydrogen-bond acceptors (Lipinski definition) is 4. The molecule has 0 amide bonds. The van der Waals surface area contributed by atoms with Crippen molar-refractivity contribution < 1.29 is 13.5 Å². The van der Waals surface area contributed by atoms with Gasteiger partial charge in [0.25, 0.3) is 0 Å².